The summed E-state index contributed by atoms with van der Waals surface area (Å²) in [5, 5.41) is 0. The van der Waals surface area contributed by atoms with Crippen LogP contribution in [0.4, 0.5) is 0 Å². The van der Waals surface area contributed by atoms with Gasteiger partial charge in [-0.3, -0.25) is 0 Å². The molecule has 0 aliphatic carbocycles. The largest absolute Gasteiger partial charge is 0.337 e. The number of alkyl halides is 1. The zero-order chi connectivity index (χ0) is 10.8. The van der Waals surface area contributed by atoms with Gasteiger partial charge >= 0.3 is 0 Å². The molecule has 1 heterocycles. The van der Waals surface area contributed by atoms with E-state index in [4.69, 9.17) is 0 Å². The second kappa shape index (κ2) is 4.21. The van der Waals surface area contributed by atoms with Gasteiger partial charge in [0.1, 0.15) is 0 Å². The van der Waals surface area contributed by atoms with Crippen LogP contribution in [0.1, 0.15) is 34.1 Å². The lowest BCUT2D eigenvalue weighted by Crippen LogP contribution is -2.27. The molecule has 2 nitrogen and oxygen atoms in total. The van der Waals surface area contributed by atoms with E-state index in [2.05, 4.69) is 59.8 Å². The predicted molar refractivity (Wildman–Crippen MR) is 68.7 cm³/mol. The van der Waals surface area contributed by atoms with Crippen molar-refractivity contribution in [3.05, 3.63) is 18.7 Å². The fourth-order valence-electron chi connectivity index (χ4n) is 2.07. The molecule has 0 unspecified atom stereocenters. The topological polar surface area (TPSA) is 17.8 Å². The van der Waals surface area contributed by atoms with E-state index in [9.17, 15) is 0 Å². The third-order valence-electron chi connectivity index (χ3n) is 2.07. The van der Waals surface area contributed by atoms with Crippen molar-refractivity contribution in [2.24, 2.45) is 5.41 Å². The van der Waals surface area contributed by atoms with Gasteiger partial charge < -0.3 is 4.57 Å². The van der Waals surface area contributed by atoms with Crippen LogP contribution in [-0.4, -0.2) is 13.0 Å². The molecule has 0 spiro atoms. The smallest absolute Gasteiger partial charge is 0.0946 e. The van der Waals surface area contributed by atoms with E-state index in [1.807, 2.05) is 18.7 Å². The zero-order valence-electron chi connectivity index (χ0n) is 9.42. The van der Waals surface area contributed by atoms with Crippen LogP contribution in [0.25, 0.3) is 0 Å². The van der Waals surface area contributed by atoms with Gasteiger partial charge in [0, 0.05) is 22.4 Å². The summed E-state index contributed by atoms with van der Waals surface area (Å²) in [7, 11) is 0. The van der Waals surface area contributed by atoms with Crippen molar-refractivity contribution in [2.75, 3.05) is 0 Å². The Balaban J connectivity index is 2.58. The number of rotatable bonds is 4. The SMILES string of the molecule is CC(C)(I)CC(C)(C)Cn1ccnc1. The van der Waals surface area contributed by atoms with Gasteiger partial charge in [-0.25, -0.2) is 4.98 Å². The van der Waals surface area contributed by atoms with Crippen molar-refractivity contribution in [1.82, 2.24) is 9.55 Å². The quantitative estimate of drug-likeness (QED) is 0.615. The fourth-order valence-corrected chi connectivity index (χ4v) is 3.10. The normalized spacial score (nSPS) is 13.2. The Morgan fingerprint density at radius 1 is 1.29 bits per heavy atom. The molecule has 0 amide bonds. The highest BCUT2D eigenvalue weighted by Gasteiger charge is 2.26. The number of imidazole rings is 1. The molecule has 0 N–H and O–H groups in total. The Morgan fingerprint density at radius 3 is 2.36 bits per heavy atom. The first kappa shape index (κ1) is 12.0. The third kappa shape index (κ3) is 4.44. The Bertz CT molecular complexity index is 270. The molecule has 0 radical (unpaired) electrons. The molecule has 0 atom stereocenters. The Hall–Kier alpha value is -0.0600. The highest BCUT2D eigenvalue weighted by Crippen LogP contribution is 2.34. The van der Waals surface area contributed by atoms with Gasteiger partial charge in [0.25, 0.3) is 0 Å². The summed E-state index contributed by atoms with van der Waals surface area (Å²) in [4.78, 5) is 4.06. The summed E-state index contributed by atoms with van der Waals surface area (Å²) >= 11 is 2.52. The van der Waals surface area contributed by atoms with Crippen molar-refractivity contribution in [3.63, 3.8) is 0 Å². The van der Waals surface area contributed by atoms with E-state index in [0.717, 1.165) is 6.54 Å². The molecular weight excluding hydrogens is 287 g/mol. The van der Waals surface area contributed by atoms with E-state index in [-0.39, 0.29) is 0 Å². The average molecular weight is 306 g/mol. The molecule has 0 bridgehead atoms. The lowest BCUT2D eigenvalue weighted by atomic mass is 9.84. The van der Waals surface area contributed by atoms with Crippen LogP contribution < -0.4 is 0 Å². The molecule has 0 fully saturated rings. The van der Waals surface area contributed by atoms with Gasteiger partial charge in [-0.1, -0.05) is 50.3 Å². The van der Waals surface area contributed by atoms with Crippen LogP contribution in [0.2, 0.25) is 0 Å². The van der Waals surface area contributed by atoms with Gasteiger partial charge in [0.2, 0.25) is 0 Å². The average Bonchev–Trinajstić information content (AvgIpc) is 2.31. The van der Waals surface area contributed by atoms with E-state index in [1.54, 1.807) is 0 Å². The lowest BCUT2D eigenvalue weighted by molar-refractivity contribution is 0.263. The summed E-state index contributed by atoms with van der Waals surface area (Å²) in [6.07, 6.45) is 6.97. The summed E-state index contributed by atoms with van der Waals surface area (Å²) in [5.74, 6) is 0. The number of hydrogen-bond donors (Lipinski definition) is 0. The van der Waals surface area contributed by atoms with Gasteiger partial charge in [0.05, 0.1) is 6.33 Å². The van der Waals surface area contributed by atoms with Crippen molar-refractivity contribution in [2.45, 2.75) is 44.1 Å². The summed E-state index contributed by atoms with van der Waals surface area (Å²) in [6.45, 7) is 10.2. The second-order valence-electron chi connectivity index (χ2n) is 5.29. The van der Waals surface area contributed by atoms with E-state index < -0.39 is 0 Å². The molecule has 0 saturated carbocycles. The maximum absolute atomic E-state index is 4.06. The van der Waals surface area contributed by atoms with Crippen molar-refractivity contribution >= 4 is 22.6 Å². The fraction of sp³-hybridized carbons (Fsp3) is 0.727. The molecule has 0 aliphatic heterocycles. The number of halogens is 1. The van der Waals surface area contributed by atoms with Crippen LogP contribution in [0.3, 0.4) is 0 Å². The van der Waals surface area contributed by atoms with Gasteiger partial charge in [-0.15, -0.1) is 0 Å². The molecule has 3 heteroatoms. The lowest BCUT2D eigenvalue weighted by Gasteiger charge is -2.31. The van der Waals surface area contributed by atoms with Crippen LogP contribution in [-0.2, 0) is 6.54 Å². The summed E-state index contributed by atoms with van der Waals surface area (Å²) in [5.41, 5.74) is 0.325. The van der Waals surface area contributed by atoms with Crippen LogP contribution in [0, 0.1) is 5.41 Å². The molecule has 80 valence electrons. The zero-order valence-corrected chi connectivity index (χ0v) is 11.6. The maximum atomic E-state index is 4.06. The first-order valence-electron chi connectivity index (χ1n) is 4.93. The van der Waals surface area contributed by atoms with Crippen LogP contribution >= 0.6 is 22.6 Å². The van der Waals surface area contributed by atoms with Crippen molar-refractivity contribution in [1.29, 1.82) is 0 Å². The predicted octanol–water partition coefficient (Wildman–Crippen LogP) is 3.51. The van der Waals surface area contributed by atoms with Gasteiger partial charge in [-0.05, 0) is 11.8 Å². The third-order valence-corrected chi connectivity index (χ3v) is 2.45. The maximum Gasteiger partial charge on any atom is 0.0946 e. The highest BCUT2D eigenvalue weighted by atomic mass is 127. The molecule has 1 rings (SSSR count). The molecule has 1 aromatic rings. The van der Waals surface area contributed by atoms with Crippen molar-refractivity contribution < 1.29 is 0 Å². The minimum absolute atomic E-state index is 0.325. The number of aromatic nitrogens is 2. The van der Waals surface area contributed by atoms with Crippen LogP contribution in [0.15, 0.2) is 18.7 Å². The molecule has 14 heavy (non-hydrogen) atoms. The Labute approximate surface area is 100 Å². The summed E-state index contributed by atoms with van der Waals surface area (Å²) < 4.78 is 2.52. The first-order chi connectivity index (χ1) is 6.29. The van der Waals surface area contributed by atoms with E-state index >= 15 is 0 Å². The van der Waals surface area contributed by atoms with Gasteiger partial charge in [-0.2, -0.15) is 0 Å². The van der Waals surface area contributed by atoms with Crippen LogP contribution in [0.5, 0.6) is 0 Å². The highest BCUT2D eigenvalue weighted by molar-refractivity contribution is 14.1. The van der Waals surface area contributed by atoms with E-state index in [1.165, 1.54) is 6.42 Å². The standard InChI is InChI=1S/C11H19IN2/c1-10(2,7-11(3,4)12)8-14-6-5-13-9-14/h5-6,9H,7-8H2,1-4H3. The molecule has 1 aromatic heterocycles. The Morgan fingerprint density at radius 2 is 1.93 bits per heavy atom. The summed E-state index contributed by atoms with van der Waals surface area (Å²) in [6, 6.07) is 0. The molecule has 0 saturated heterocycles. The minimum Gasteiger partial charge on any atom is -0.337 e. The number of nitrogens with zero attached hydrogens (tertiary/aromatic N) is 2. The molecular formula is C11H19IN2. The van der Waals surface area contributed by atoms with Crippen molar-refractivity contribution in [3.8, 4) is 0 Å². The second-order valence-corrected chi connectivity index (χ2v) is 8.21. The molecule has 0 aliphatic rings. The molecule has 0 aromatic carbocycles. The van der Waals surface area contributed by atoms with E-state index in [0.29, 0.717) is 8.84 Å². The minimum atomic E-state index is 0.325. The van der Waals surface area contributed by atoms with Gasteiger partial charge in [0.15, 0.2) is 0 Å². The number of hydrogen-bond acceptors (Lipinski definition) is 1. The monoisotopic (exact) mass is 306 g/mol. The Kier molecular flexibility index (Phi) is 3.61. The first-order valence-corrected chi connectivity index (χ1v) is 6.01.